The molecule has 0 aliphatic rings. The fourth-order valence-electron chi connectivity index (χ4n) is 2.00. The Morgan fingerprint density at radius 2 is 1.62 bits per heavy atom. The third-order valence-electron chi connectivity index (χ3n) is 3.19. The lowest BCUT2D eigenvalue weighted by Crippen LogP contribution is -2.23. The van der Waals surface area contributed by atoms with E-state index in [1.807, 2.05) is 0 Å². The summed E-state index contributed by atoms with van der Waals surface area (Å²) in [7, 11) is 0. The molecule has 0 saturated heterocycles. The minimum Gasteiger partial charge on any atom is -0.484 e. The Labute approximate surface area is 147 Å². The molecule has 0 heterocycles. The standard InChI is InChI=1S/C17H16F3N3O3/c18-17(19,20)10-26-14-7-1-11(2-8-14)9-22-15(24)12-3-5-13(6-4-12)23-16(21)25/h1-8H,9-10H2,(H,22,24)(H3,21,23,25). The van der Waals surface area contributed by atoms with Gasteiger partial charge in [-0.1, -0.05) is 12.1 Å². The van der Waals surface area contributed by atoms with Crippen LogP contribution < -0.4 is 21.1 Å². The zero-order valence-corrected chi connectivity index (χ0v) is 13.5. The second kappa shape index (κ2) is 8.24. The highest BCUT2D eigenvalue weighted by Gasteiger charge is 2.28. The molecular weight excluding hydrogens is 351 g/mol. The molecule has 0 aliphatic heterocycles. The predicted molar refractivity (Wildman–Crippen MR) is 88.8 cm³/mol. The van der Waals surface area contributed by atoms with Crippen LogP contribution in [0.25, 0.3) is 0 Å². The van der Waals surface area contributed by atoms with Gasteiger partial charge in [-0.15, -0.1) is 0 Å². The second-order valence-electron chi connectivity index (χ2n) is 5.30. The van der Waals surface area contributed by atoms with Crippen molar-refractivity contribution in [2.45, 2.75) is 12.7 Å². The van der Waals surface area contributed by atoms with Crippen LogP contribution in [0, 0.1) is 0 Å². The van der Waals surface area contributed by atoms with E-state index >= 15 is 0 Å². The first kappa shape index (κ1) is 19.1. The van der Waals surface area contributed by atoms with Gasteiger partial charge < -0.3 is 21.1 Å². The first-order valence-corrected chi connectivity index (χ1v) is 7.46. The molecule has 3 amide bonds. The van der Waals surface area contributed by atoms with Gasteiger partial charge in [0.1, 0.15) is 5.75 Å². The highest BCUT2D eigenvalue weighted by Crippen LogP contribution is 2.19. The monoisotopic (exact) mass is 367 g/mol. The molecule has 0 aromatic heterocycles. The van der Waals surface area contributed by atoms with Gasteiger partial charge >= 0.3 is 12.2 Å². The van der Waals surface area contributed by atoms with Gasteiger partial charge in [0.2, 0.25) is 0 Å². The van der Waals surface area contributed by atoms with Crippen molar-refractivity contribution in [2.75, 3.05) is 11.9 Å². The van der Waals surface area contributed by atoms with Crippen LogP contribution in [0.3, 0.4) is 0 Å². The van der Waals surface area contributed by atoms with E-state index in [-0.39, 0.29) is 18.2 Å². The number of rotatable bonds is 6. The number of halogens is 3. The lowest BCUT2D eigenvalue weighted by atomic mass is 10.1. The van der Waals surface area contributed by atoms with Crippen LogP contribution in [-0.2, 0) is 6.54 Å². The van der Waals surface area contributed by atoms with Crippen molar-refractivity contribution in [1.82, 2.24) is 5.32 Å². The molecule has 0 fully saturated rings. The van der Waals surface area contributed by atoms with E-state index in [9.17, 15) is 22.8 Å². The molecule has 2 rings (SSSR count). The zero-order valence-electron chi connectivity index (χ0n) is 13.5. The highest BCUT2D eigenvalue weighted by molar-refractivity contribution is 5.95. The highest BCUT2D eigenvalue weighted by atomic mass is 19.4. The summed E-state index contributed by atoms with van der Waals surface area (Å²) in [5, 5.41) is 5.06. The molecule has 0 spiro atoms. The summed E-state index contributed by atoms with van der Waals surface area (Å²) >= 11 is 0. The third kappa shape index (κ3) is 6.34. The van der Waals surface area contributed by atoms with Crippen molar-refractivity contribution >= 4 is 17.6 Å². The van der Waals surface area contributed by atoms with E-state index in [1.165, 1.54) is 36.4 Å². The maximum atomic E-state index is 12.1. The molecule has 0 atom stereocenters. The lowest BCUT2D eigenvalue weighted by Gasteiger charge is -2.10. The number of alkyl halides is 3. The Kier molecular flexibility index (Phi) is 6.05. The first-order chi connectivity index (χ1) is 12.2. The number of carbonyl (C=O) groups is 2. The summed E-state index contributed by atoms with van der Waals surface area (Å²) in [5.74, 6) is -0.247. The smallest absolute Gasteiger partial charge is 0.422 e. The fraction of sp³-hybridized carbons (Fsp3) is 0.176. The summed E-state index contributed by atoms with van der Waals surface area (Å²) in [5.41, 5.74) is 6.53. The number of primary amides is 1. The lowest BCUT2D eigenvalue weighted by molar-refractivity contribution is -0.153. The van der Waals surface area contributed by atoms with Crippen molar-refractivity contribution in [3.63, 3.8) is 0 Å². The molecule has 0 radical (unpaired) electrons. The molecule has 2 aromatic carbocycles. The Hall–Kier alpha value is -3.23. The average Bonchev–Trinajstić information content (AvgIpc) is 2.58. The topological polar surface area (TPSA) is 93.5 Å². The number of benzene rings is 2. The molecule has 138 valence electrons. The Morgan fingerprint density at radius 3 is 2.15 bits per heavy atom. The van der Waals surface area contributed by atoms with Gasteiger partial charge in [0.05, 0.1) is 0 Å². The Balaban J connectivity index is 1.86. The summed E-state index contributed by atoms with van der Waals surface area (Å²) in [6.07, 6.45) is -4.39. The van der Waals surface area contributed by atoms with Gasteiger partial charge in [0, 0.05) is 17.8 Å². The molecule has 2 aromatic rings. The van der Waals surface area contributed by atoms with Gasteiger partial charge in [0.15, 0.2) is 6.61 Å². The summed E-state index contributed by atoms with van der Waals surface area (Å²) < 4.78 is 40.8. The number of carbonyl (C=O) groups excluding carboxylic acids is 2. The molecule has 9 heteroatoms. The Morgan fingerprint density at radius 1 is 1.00 bits per heavy atom. The van der Waals surface area contributed by atoms with Gasteiger partial charge in [0.25, 0.3) is 5.91 Å². The summed E-state index contributed by atoms with van der Waals surface area (Å²) in [6, 6.07) is 11.3. The van der Waals surface area contributed by atoms with Crippen molar-refractivity contribution in [3.05, 3.63) is 59.7 Å². The minimum atomic E-state index is -4.39. The van der Waals surface area contributed by atoms with Crippen LogP contribution >= 0.6 is 0 Å². The van der Waals surface area contributed by atoms with Gasteiger partial charge in [-0.3, -0.25) is 4.79 Å². The van der Waals surface area contributed by atoms with E-state index in [0.717, 1.165) is 0 Å². The number of ether oxygens (including phenoxy) is 1. The molecule has 6 nitrogen and oxygen atoms in total. The Bertz CT molecular complexity index is 760. The van der Waals surface area contributed by atoms with Crippen molar-refractivity contribution in [2.24, 2.45) is 5.73 Å². The normalized spacial score (nSPS) is 10.9. The summed E-state index contributed by atoms with van der Waals surface area (Å²) in [4.78, 5) is 22.8. The number of amides is 3. The van der Waals surface area contributed by atoms with Crippen LogP contribution in [0.2, 0.25) is 0 Å². The van der Waals surface area contributed by atoms with Gasteiger partial charge in [-0.25, -0.2) is 4.79 Å². The molecule has 0 bridgehead atoms. The molecular formula is C17H16F3N3O3. The largest absolute Gasteiger partial charge is 0.484 e. The van der Waals surface area contributed by atoms with Crippen LogP contribution in [0.4, 0.5) is 23.7 Å². The number of urea groups is 1. The number of hydrogen-bond acceptors (Lipinski definition) is 3. The maximum Gasteiger partial charge on any atom is 0.422 e. The van der Waals surface area contributed by atoms with Gasteiger partial charge in [-0.2, -0.15) is 13.2 Å². The zero-order chi connectivity index (χ0) is 19.2. The van der Waals surface area contributed by atoms with Crippen LogP contribution in [0.15, 0.2) is 48.5 Å². The van der Waals surface area contributed by atoms with Crippen molar-refractivity contribution in [3.8, 4) is 5.75 Å². The average molecular weight is 367 g/mol. The molecule has 26 heavy (non-hydrogen) atoms. The van der Waals surface area contributed by atoms with E-state index in [0.29, 0.717) is 16.8 Å². The van der Waals surface area contributed by atoms with Gasteiger partial charge in [-0.05, 0) is 42.0 Å². The van der Waals surface area contributed by atoms with E-state index in [1.54, 1.807) is 12.1 Å². The van der Waals surface area contributed by atoms with Crippen molar-refractivity contribution in [1.29, 1.82) is 0 Å². The number of nitrogens with one attached hydrogen (secondary N) is 2. The first-order valence-electron chi connectivity index (χ1n) is 7.46. The number of nitrogens with two attached hydrogens (primary N) is 1. The maximum absolute atomic E-state index is 12.1. The van der Waals surface area contributed by atoms with E-state index in [2.05, 4.69) is 15.4 Å². The predicted octanol–water partition coefficient (Wildman–Crippen LogP) is 3.05. The van der Waals surface area contributed by atoms with Crippen LogP contribution in [0.1, 0.15) is 15.9 Å². The second-order valence-corrected chi connectivity index (χ2v) is 5.30. The van der Waals surface area contributed by atoms with Crippen LogP contribution in [0.5, 0.6) is 5.75 Å². The molecule has 0 saturated carbocycles. The summed E-state index contributed by atoms with van der Waals surface area (Å²) in [6.45, 7) is -1.16. The van der Waals surface area contributed by atoms with E-state index < -0.39 is 18.8 Å². The number of hydrogen-bond donors (Lipinski definition) is 3. The fourth-order valence-corrected chi connectivity index (χ4v) is 2.00. The SMILES string of the molecule is NC(=O)Nc1ccc(C(=O)NCc2ccc(OCC(F)(F)F)cc2)cc1. The quantitative estimate of drug-likeness (QED) is 0.733. The molecule has 0 aliphatic carbocycles. The van der Waals surface area contributed by atoms with Crippen LogP contribution in [-0.4, -0.2) is 24.7 Å². The van der Waals surface area contributed by atoms with E-state index in [4.69, 9.17) is 5.73 Å². The third-order valence-corrected chi connectivity index (χ3v) is 3.19. The molecule has 4 N–H and O–H groups in total. The number of anilines is 1. The minimum absolute atomic E-state index is 0.0925. The van der Waals surface area contributed by atoms with Crippen molar-refractivity contribution < 1.29 is 27.5 Å². The molecule has 0 unspecified atom stereocenters.